The van der Waals surface area contributed by atoms with Gasteiger partial charge in [-0.1, -0.05) is 6.07 Å². The second-order valence-electron chi connectivity index (χ2n) is 7.46. The van der Waals surface area contributed by atoms with Gasteiger partial charge in [0.05, 0.1) is 19.8 Å². The number of benzene rings is 2. The number of rotatable bonds is 11. The Morgan fingerprint density at radius 3 is 2.51 bits per heavy atom. The van der Waals surface area contributed by atoms with Crippen molar-refractivity contribution < 1.29 is 43.2 Å². The predicted molar refractivity (Wildman–Crippen MR) is 122 cm³/mol. The van der Waals surface area contributed by atoms with E-state index >= 15 is 0 Å². The molecule has 0 aromatic heterocycles. The van der Waals surface area contributed by atoms with E-state index in [1.807, 2.05) is 0 Å². The summed E-state index contributed by atoms with van der Waals surface area (Å²) in [7, 11) is 3.03. The lowest BCUT2D eigenvalue weighted by molar-refractivity contribution is -0.142. The molecule has 11 heteroatoms. The van der Waals surface area contributed by atoms with Gasteiger partial charge >= 0.3 is 5.97 Å². The number of allylic oxidation sites excluding steroid dienone is 1. The summed E-state index contributed by atoms with van der Waals surface area (Å²) >= 11 is 0. The summed E-state index contributed by atoms with van der Waals surface area (Å²) in [5, 5.41) is 11.4. The van der Waals surface area contributed by atoms with Crippen LogP contribution in [-0.4, -0.2) is 55.5 Å². The first-order valence-corrected chi connectivity index (χ1v) is 10.5. The average molecular weight is 484 g/mol. The highest BCUT2D eigenvalue weighted by Crippen LogP contribution is 2.36. The summed E-state index contributed by atoms with van der Waals surface area (Å²) in [4.78, 5) is 46.9. The third kappa shape index (κ3) is 6.28. The maximum absolute atomic E-state index is 12.7. The maximum atomic E-state index is 12.7. The van der Waals surface area contributed by atoms with Crippen LogP contribution in [0.3, 0.4) is 0 Å². The summed E-state index contributed by atoms with van der Waals surface area (Å²) in [6.07, 6.45) is 1.24. The fraction of sp³-hybridized carbons (Fsp3) is 0.250. The van der Waals surface area contributed by atoms with Crippen molar-refractivity contribution in [2.45, 2.75) is 18.9 Å². The summed E-state index contributed by atoms with van der Waals surface area (Å²) in [6.45, 7) is -0.485. The second kappa shape index (κ2) is 11.1. The molecular weight excluding hydrogens is 460 g/mol. The van der Waals surface area contributed by atoms with E-state index in [0.717, 1.165) is 0 Å². The number of amides is 2. The normalized spacial score (nSPS) is 14.0. The van der Waals surface area contributed by atoms with Crippen LogP contribution in [0.2, 0.25) is 0 Å². The molecule has 0 unspecified atom stereocenters. The molecule has 11 nitrogen and oxygen atoms in total. The van der Waals surface area contributed by atoms with Gasteiger partial charge in [0.1, 0.15) is 17.5 Å². The Kier molecular flexibility index (Phi) is 7.92. The van der Waals surface area contributed by atoms with Gasteiger partial charge in [-0.2, -0.15) is 0 Å². The number of carbonyl (C=O) groups excluding carboxylic acids is 3. The number of fused-ring (bicyclic) bond motifs is 1. The highest BCUT2D eigenvalue weighted by Gasteiger charge is 2.28. The number of nitrogens with one attached hydrogen (secondary N) is 1. The van der Waals surface area contributed by atoms with Gasteiger partial charge in [-0.15, -0.1) is 0 Å². The number of hydrogen-bond acceptors (Lipinski definition) is 8. The predicted octanol–water partition coefficient (Wildman–Crippen LogP) is 1.53. The molecule has 0 saturated carbocycles. The van der Waals surface area contributed by atoms with Gasteiger partial charge in [0.25, 0.3) is 5.91 Å². The van der Waals surface area contributed by atoms with E-state index in [0.29, 0.717) is 22.6 Å². The fourth-order valence-electron chi connectivity index (χ4n) is 3.28. The van der Waals surface area contributed by atoms with Crippen LogP contribution < -0.4 is 30.0 Å². The molecule has 0 fully saturated rings. The molecule has 2 amide bonds. The quantitative estimate of drug-likeness (QED) is 0.401. The number of aliphatic carboxylic acids is 1. The summed E-state index contributed by atoms with van der Waals surface area (Å²) in [6, 6.07) is 8.34. The second-order valence-corrected chi connectivity index (χ2v) is 7.46. The molecule has 184 valence electrons. The van der Waals surface area contributed by atoms with E-state index in [1.165, 1.54) is 32.4 Å². The number of hydrogen-bond donors (Lipinski definition) is 3. The van der Waals surface area contributed by atoms with E-state index in [-0.39, 0.29) is 35.9 Å². The monoisotopic (exact) mass is 484 g/mol. The van der Waals surface area contributed by atoms with Crippen LogP contribution in [0.1, 0.15) is 28.8 Å². The lowest BCUT2D eigenvalue weighted by Gasteiger charge is -2.14. The van der Waals surface area contributed by atoms with Crippen molar-refractivity contribution in [3.8, 4) is 23.0 Å². The molecule has 2 aromatic rings. The molecular formula is C24H24N2O9. The number of carboxylic acid groups (broad SMARTS) is 1. The van der Waals surface area contributed by atoms with Crippen molar-refractivity contribution in [2.75, 3.05) is 20.8 Å². The van der Waals surface area contributed by atoms with Crippen LogP contribution in [0.25, 0.3) is 6.08 Å². The zero-order valence-electron chi connectivity index (χ0n) is 19.0. The lowest BCUT2D eigenvalue weighted by atomic mass is 10.1. The summed E-state index contributed by atoms with van der Waals surface area (Å²) in [5.74, 6) is -1.35. The minimum Gasteiger partial charge on any atom is -0.493 e. The van der Waals surface area contributed by atoms with E-state index in [1.54, 1.807) is 24.3 Å². The first-order chi connectivity index (χ1) is 16.7. The number of nitrogens with two attached hydrogens (primary N) is 1. The Bertz CT molecular complexity index is 1190. The van der Waals surface area contributed by atoms with Crippen LogP contribution in [0.15, 0.2) is 42.2 Å². The standard InChI is InChI=1S/C24H24N2O9/c1-32-17-7-3-13(9-19(17)33-2)10-20-23(29)15-5-4-14(11-18(15)35-20)34-12-22(28)26-16(24(30)31)6-8-21(25)27/h3-5,7,9-11,16H,6,8,12H2,1-2H3,(H2,25,27)(H,26,28)(H,30,31)/b20-10-/t16-/m0/s1. The van der Waals surface area contributed by atoms with Gasteiger partial charge in [-0.3, -0.25) is 14.4 Å². The summed E-state index contributed by atoms with van der Waals surface area (Å²) < 4.78 is 21.6. The van der Waals surface area contributed by atoms with Crippen LogP contribution >= 0.6 is 0 Å². The number of methoxy groups -OCH3 is 2. The first kappa shape index (κ1) is 25.1. The number of carbonyl (C=O) groups is 4. The molecule has 0 bridgehead atoms. The number of Topliss-reactive ketones (excluding diaryl/α,β-unsaturated/α-hetero) is 1. The van der Waals surface area contributed by atoms with E-state index in [2.05, 4.69) is 5.32 Å². The van der Waals surface area contributed by atoms with Crippen LogP contribution in [0, 0.1) is 0 Å². The number of carboxylic acids is 1. The largest absolute Gasteiger partial charge is 0.493 e. The molecule has 1 atom stereocenters. The van der Waals surface area contributed by atoms with Crippen molar-refractivity contribution in [1.29, 1.82) is 0 Å². The van der Waals surface area contributed by atoms with E-state index in [9.17, 15) is 19.2 Å². The Morgan fingerprint density at radius 2 is 1.86 bits per heavy atom. The smallest absolute Gasteiger partial charge is 0.326 e. The van der Waals surface area contributed by atoms with Gasteiger partial charge in [0, 0.05) is 12.5 Å². The number of primary amides is 1. The van der Waals surface area contributed by atoms with Crippen molar-refractivity contribution >= 4 is 29.6 Å². The molecule has 0 aliphatic carbocycles. The van der Waals surface area contributed by atoms with Crippen LogP contribution in [-0.2, 0) is 14.4 Å². The van der Waals surface area contributed by atoms with E-state index in [4.69, 9.17) is 29.8 Å². The molecule has 0 spiro atoms. The molecule has 0 saturated heterocycles. The Labute approximate surface area is 200 Å². The Hall–Kier alpha value is -4.54. The van der Waals surface area contributed by atoms with Crippen molar-refractivity contribution in [3.05, 3.63) is 53.3 Å². The molecule has 1 aliphatic heterocycles. The molecule has 4 N–H and O–H groups in total. The maximum Gasteiger partial charge on any atom is 0.326 e. The lowest BCUT2D eigenvalue weighted by Crippen LogP contribution is -2.43. The van der Waals surface area contributed by atoms with Crippen molar-refractivity contribution in [1.82, 2.24) is 5.32 Å². The third-order valence-electron chi connectivity index (χ3n) is 5.03. The Balaban J connectivity index is 1.65. The van der Waals surface area contributed by atoms with Crippen LogP contribution in [0.4, 0.5) is 0 Å². The SMILES string of the molecule is COc1ccc(/C=C2\Oc3cc(OCC(=O)N[C@@H](CCC(N)=O)C(=O)O)ccc3C2=O)cc1OC. The summed E-state index contributed by atoms with van der Waals surface area (Å²) in [5.41, 5.74) is 6.01. The highest BCUT2D eigenvalue weighted by molar-refractivity contribution is 6.14. The van der Waals surface area contributed by atoms with Crippen molar-refractivity contribution in [2.24, 2.45) is 5.73 Å². The fourth-order valence-corrected chi connectivity index (χ4v) is 3.28. The minimum atomic E-state index is -1.29. The van der Waals surface area contributed by atoms with Crippen molar-refractivity contribution in [3.63, 3.8) is 0 Å². The third-order valence-corrected chi connectivity index (χ3v) is 5.03. The molecule has 3 rings (SSSR count). The zero-order valence-corrected chi connectivity index (χ0v) is 19.0. The molecule has 1 aliphatic rings. The van der Waals surface area contributed by atoms with Gasteiger partial charge in [-0.05, 0) is 42.3 Å². The first-order valence-electron chi connectivity index (χ1n) is 10.5. The Morgan fingerprint density at radius 1 is 1.11 bits per heavy atom. The highest BCUT2D eigenvalue weighted by atomic mass is 16.5. The topological polar surface area (TPSA) is 163 Å². The van der Waals surface area contributed by atoms with Gasteiger partial charge in [0.2, 0.25) is 11.7 Å². The van der Waals surface area contributed by atoms with E-state index < -0.39 is 30.4 Å². The molecule has 2 aromatic carbocycles. The van der Waals surface area contributed by atoms with Gasteiger partial charge < -0.3 is 35.1 Å². The number of ether oxygens (including phenoxy) is 4. The number of ketones is 1. The molecule has 35 heavy (non-hydrogen) atoms. The van der Waals surface area contributed by atoms with Gasteiger partial charge in [0.15, 0.2) is 23.9 Å². The van der Waals surface area contributed by atoms with Gasteiger partial charge in [-0.25, -0.2) is 4.79 Å². The molecule has 1 heterocycles. The minimum absolute atomic E-state index is 0.0980. The average Bonchev–Trinajstić information content (AvgIpc) is 3.14. The van der Waals surface area contributed by atoms with Crippen LogP contribution in [0.5, 0.6) is 23.0 Å². The molecule has 0 radical (unpaired) electrons. The zero-order chi connectivity index (χ0) is 25.5.